The minimum atomic E-state index is 0.721. The first-order chi connectivity index (χ1) is 11.3. The third-order valence-corrected chi connectivity index (χ3v) is 5.90. The average Bonchev–Trinajstić information content (AvgIpc) is 3.05. The summed E-state index contributed by atoms with van der Waals surface area (Å²) < 4.78 is 1.37. The summed E-state index contributed by atoms with van der Waals surface area (Å²) in [6, 6.07) is 12.0. The second kappa shape index (κ2) is 10.1. The van der Waals surface area contributed by atoms with E-state index in [2.05, 4.69) is 44.2 Å². The summed E-state index contributed by atoms with van der Waals surface area (Å²) in [6.45, 7) is 8.91. The van der Waals surface area contributed by atoms with Gasteiger partial charge in [-0.05, 0) is 12.8 Å². The second-order valence-electron chi connectivity index (χ2n) is 7.55. The van der Waals surface area contributed by atoms with Crippen molar-refractivity contribution in [1.82, 2.24) is 0 Å². The molecule has 0 amide bonds. The van der Waals surface area contributed by atoms with Gasteiger partial charge in [-0.1, -0.05) is 76.3 Å². The fourth-order valence-corrected chi connectivity index (χ4v) is 4.65. The van der Waals surface area contributed by atoms with Gasteiger partial charge in [0, 0.05) is 24.8 Å². The maximum Gasteiger partial charge on any atom is 0.114 e. The molecule has 1 atom stereocenters. The lowest BCUT2D eigenvalue weighted by atomic mass is 9.99. The van der Waals surface area contributed by atoms with Gasteiger partial charge in [-0.2, -0.15) is 0 Å². The first-order valence-corrected chi connectivity index (χ1v) is 10.2. The van der Waals surface area contributed by atoms with Gasteiger partial charge in [0.1, 0.15) is 6.04 Å². The molecule has 0 N–H and O–H groups in total. The van der Waals surface area contributed by atoms with Gasteiger partial charge in [-0.15, -0.1) is 0 Å². The molecular weight excluding hydrogens is 278 g/mol. The molecule has 130 valence electrons. The first kappa shape index (κ1) is 18.5. The van der Waals surface area contributed by atoms with Crippen molar-refractivity contribution in [3.8, 4) is 0 Å². The molecule has 23 heavy (non-hydrogen) atoms. The van der Waals surface area contributed by atoms with Crippen LogP contribution in [0, 0.1) is 0 Å². The minimum Gasteiger partial charge on any atom is -0.317 e. The highest BCUT2D eigenvalue weighted by Gasteiger charge is 2.39. The molecule has 0 saturated carbocycles. The summed E-state index contributed by atoms with van der Waals surface area (Å²) in [4.78, 5) is 0. The van der Waals surface area contributed by atoms with Gasteiger partial charge >= 0.3 is 0 Å². The number of hydrogen-bond acceptors (Lipinski definition) is 0. The van der Waals surface area contributed by atoms with Gasteiger partial charge in [0.15, 0.2) is 0 Å². The van der Waals surface area contributed by atoms with Crippen molar-refractivity contribution < 1.29 is 4.48 Å². The zero-order chi connectivity index (χ0) is 16.4. The number of nitrogens with zero attached hydrogens (tertiary/aromatic N) is 1. The molecule has 1 saturated heterocycles. The highest BCUT2D eigenvalue weighted by Crippen LogP contribution is 2.36. The number of benzene rings is 1. The van der Waals surface area contributed by atoms with E-state index in [0.717, 1.165) is 6.04 Å². The third-order valence-electron chi connectivity index (χ3n) is 5.90. The van der Waals surface area contributed by atoms with Gasteiger partial charge < -0.3 is 4.48 Å². The molecule has 1 heterocycles. The lowest BCUT2D eigenvalue weighted by molar-refractivity contribution is -0.946. The Balaban J connectivity index is 1.88. The molecule has 0 radical (unpaired) electrons. The molecule has 1 aromatic carbocycles. The van der Waals surface area contributed by atoms with Gasteiger partial charge in [0.05, 0.1) is 19.6 Å². The van der Waals surface area contributed by atoms with Crippen molar-refractivity contribution in [2.75, 3.05) is 19.6 Å². The normalized spacial score (nSPS) is 18.2. The zero-order valence-corrected chi connectivity index (χ0v) is 15.6. The Labute approximate surface area is 144 Å². The quantitative estimate of drug-likeness (QED) is 0.323. The summed E-state index contributed by atoms with van der Waals surface area (Å²) in [5, 5.41) is 0. The maximum atomic E-state index is 2.39. The predicted octanol–water partition coefficient (Wildman–Crippen LogP) is 6.50. The fourth-order valence-electron chi connectivity index (χ4n) is 4.65. The average molecular weight is 317 g/mol. The maximum absolute atomic E-state index is 2.39. The van der Waals surface area contributed by atoms with E-state index in [-0.39, 0.29) is 0 Å². The van der Waals surface area contributed by atoms with E-state index < -0.39 is 0 Å². The van der Waals surface area contributed by atoms with Crippen LogP contribution in [0.5, 0.6) is 0 Å². The Morgan fingerprint density at radius 1 is 0.826 bits per heavy atom. The predicted molar refractivity (Wildman–Crippen MR) is 102 cm³/mol. The molecule has 1 nitrogen and oxygen atoms in total. The van der Waals surface area contributed by atoms with Crippen LogP contribution in [-0.2, 0) is 0 Å². The Hall–Kier alpha value is -0.820. The smallest absolute Gasteiger partial charge is 0.114 e. The molecule has 1 aromatic rings. The van der Waals surface area contributed by atoms with Crippen LogP contribution in [0.3, 0.4) is 0 Å². The molecule has 2 rings (SSSR count). The molecule has 1 heteroatoms. The van der Waals surface area contributed by atoms with E-state index in [4.69, 9.17) is 0 Å². The standard InChI is InChI=1S/C22H38N/c1-3-5-6-7-8-9-13-18-23(19-14-15-20-23)22(4-2)21-16-11-10-12-17-21/h10-12,16-17,22H,3-9,13-15,18-20H2,1-2H3/q+1. The Morgan fingerprint density at radius 3 is 2.04 bits per heavy atom. The van der Waals surface area contributed by atoms with Crippen molar-refractivity contribution in [2.45, 2.75) is 84.1 Å². The monoisotopic (exact) mass is 316 g/mol. The van der Waals surface area contributed by atoms with Crippen LogP contribution < -0.4 is 0 Å². The van der Waals surface area contributed by atoms with E-state index in [1.165, 1.54) is 88.3 Å². The van der Waals surface area contributed by atoms with Crippen molar-refractivity contribution in [3.05, 3.63) is 35.9 Å². The third kappa shape index (κ3) is 5.35. The van der Waals surface area contributed by atoms with Crippen LogP contribution in [0.2, 0.25) is 0 Å². The van der Waals surface area contributed by atoms with Crippen molar-refractivity contribution in [3.63, 3.8) is 0 Å². The molecular formula is C22H38N+. The number of unbranched alkanes of at least 4 members (excludes halogenated alkanes) is 6. The van der Waals surface area contributed by atoms with Crippen LogP contribution in [0.1, 0.15) is 89.7 Å². The lowest BCUT2D eigenvalue weighted by Gasteiger charge is -2.42. The molecule has 1 fully saturated rings. The van der Waals surface area contributed by atoms with Crippen LogP contribution in [0.25, 0.3) is 0 Å². The Morgan fingerprint density at radius 2 is 1.43 bits per heavy atom. The lowest BCUT2D eigenvalue weighted by Crippen LogP contribution is -2.48. The highest BCUT2D eigenvalue weighted by atomic mass is 15.4. The summed E-state index contributed by atoms with van der Waals surface area (Å²) in [6.07, 6.45) is 14.1. The molecule has 1 aliphatic heterocycles. The second-order valence-corrected chi connectivity index (χ2v) is 7.55. The molecule has 0 aliphatic carbocycles. The van der Waals surface area contributed by atoms with Gasteiger partial charge in [0.2, 0.25) is 0 Å². The molecule has 1 aliphatic rings. The number of quaternary nitrogens is 1. The van der Waals surface area contributed by atoms with Crippen LogP contribution >= 0.6 is 0 Å². The Bertz CT molecular complexity index is 405. The highest BCUT2D eigenvalue weighted by molar-refractivity contribution is 5.17. The van der Waals surface area contributed by atoms with Gasteiger partial charge in [-0.3, -0.25) is 0 Å². The van der Waals surface area contributed by atoms with Crippen molar-refractivity contribution in [2.24, 2.45) is 0 Å². The summed E-state index contributed by atoms with van der Waals surface area (Å²) in [5.74, 6) is 0. The summed E-state index contributed by atoms with van der Waals surface area (Å²) in [5.41, 5.74) is 1.57. The number of rotatable bonds is 11. The first-order valence-electron chi connectivity index (χ1n) is 10.2. The topological polar surface area (TPSA) is 0 Å². The van der Waals surface area contributed by atoms with Gasteiger partial charge in [0.25, 0.3) is 0 Å². The van der Waals surface area contributed by atoms with E-state index in [9.17, 15) is 0 Å². The number of likely N-dealkylation sites (tertiary alicyclic amines) is 1. The van der Waals surface area contributed by atoms with Crippen molar-refractivity contribution in [1.29, 1.82) is 0 Å². The van der Waals surface area contributed by atoms with Crippen LogP contribution in [0.15, 0.2) is 30.3 Å². The molecule has 0 spiro atoms. The molecule has 0 bridgehead atoms. The van der Waals surface area contributed by atoms with E-state index >= 15 is 0 Å². The largest absolute Gasteiger partial charge is 0.317 e. The minimum absolute atomic E-state index is 0.721. The van der Waals surface area contributed by atoms with E-state index in [1.54, 1.807) is 5.56 Å². The number of hydrogen-bond donors (Lipinski definition) is 0. The molecule has 0 aromatic heterocycles. The van der Waals surface area contributed by atoms with E-state index in [1.807, 2.05) is 0 Å². The summed E-state index contributed by atoms with van der Waals surface area (Å²) >= 11 is 0. The van der Waals surface area contributed by atoms with Crippen molar-refractivity contribution >= 4 is 0 Å². The van der Waals surface area contributed by atoms with Crippen LogP contribution in [0.4, 0.5) is 0 Å². The van der Waals surface area contributed by atoms with Crippen LogP contribution in [-0.4, -0.2) is 24.1 Å². The molecule has 1 unspecified atom stereocenters. The van der Waals surface area contributed by atoms with E-state index in [0.29, 0.717) is 0 Å². The SMILES string of the molecule is CCCCCCCCC[N+]1(C(CC)c2ccccc2)CCCC1. The fraction of sp³-hybridized carbons (Fsp3) is 0.727. The summed E-state index contributed by atoms with van der Waals surface area (Å²) in [7, 11) is 0. The van der Waals surface area contributed by atoms with Gasteiger partial charge in [-0.25, -0.2) is 0 Å². The Kier molecular flexibility index (Phi) is 8.16. The zero-order valence-electron chi connectivity index (χ0n) is 15.6.